The standard InChI is InChI=1S/C24H24N2O5/c1-14-18-7-5-6-8-20(18)30-23(14)12-25-24(27)17-9-10-21(22(11-17)28-4)29-13-19-15(2)26-31-16(19)3/h5-11H,12-13H2,1-4H3,(H,25,27). The molecule has 4 aromatic rings. The van der Waals surface area contributed by atoms with Crippen LogP contribution in [-0.2, 0) is 13.2 Å². The first-order valence-electron chi connectivity index (χ1n) is 9.95. The average molecular weight is 420 g/mol. The Labute approximate surface area is 179 Å². The van der Waals surface area contributed by atoms with Crippen LogP contribution in [0.2, 0.25) is 0 Å². The number of nitrogens with one attached hydrogen (secondary N) is 1. The van der Waals surface area contributed by atoms with Crippen molar-refractivity contribution in [3.05, 3.63) is 76.4 Å². The van der Waals surface area contributed by atoms with Gasteiger partial charge in [-0.2, -0.15) is 0 Å². The molecule has 0 saturated heterocycles. The highest BCUT2D eigenvalue weighted by Gasteiger charge is 2.15. The Bertz CT molecular complexity index is 1220. The summed E-state index contributed by atoms with van der Waals surface area (Å²) in [6, 6.07) is 12.9. The summed E-state index contributed by atoms with van der Waals surface area (Å²) in [4.78, 5) is 12.7. The number of fused-ring (bicyclic) bond motifs is 1. The van der Waals surface area contributed by atoms with E-state index in [0.29, 0.717) is 36.0 Å². The Hall–Kier alpha value is -3.74. The molecule has 0 spiro atoms. The van der Waals surface area contributed by atoms with E-state index < -0.39 is 0 Å². The van der Waals surface area contributed by atoms with Crippen LogP contribution in [0.5, 0.6) is 11.5 Å². The van der Waals surface area contributed by atoms with Crippen molar-refractivity contribution in [2.75, 3.05) is 7.11 Å². The van der Waals surface area contributed by atoms with Gasteiger partial charge in [-0.25, -0.2) is 0 Å². The molecule has 0 radical (unpaired) electrons. The van der Waals surface area contributed by atoms with E-state index in [4.69, 9.17) is 18.4 Å². The zero-order chi connectivity index (χ0) is 22.0. The van der Waals surface area contributed by atoms with Crippen molar-refractivity contribution in [1.82, 2.24) is 10.5 Å². The fourth-order valence-electron chi connectivity index (χ4n) is 3.44. The molecule has 0 aliphatic rings. The lowest BCUT2D eigenvalue weighted by atomic mass is 10.1. The van der Waals surface area contributed by atoms with E-state index in [-0.39, 0.29) is 5.91 Å². The molecule has 0 fully saturated rings. The second-order valence-corrected chi connectivity index (χ2v) is 7.29. The van der Waals surface area contributed by atoms with Crippen molar-refractivity contribution in [2.24, 2.45) is 0 Å². The zero-order valence-electron chi connectivity index (χ0n) is 17.9. The van der Waals surface area contributed by atoms with Gasteiger partial charge in [0.15, 0.2) is 11.5 Å². The lowest BCUT2D eigenvalue weighted by Gasteiger charge is -2.12. The summed E-state index contributed by atoms with van der Waals surface area (Å²) in [6.45, 7) is 6.29. The van der Waals surface area contributed by atoms with Gasteiger partial charge in [0.05, 0.1) is 24.9 Å². The molecule has 1 amide bonds. The molecular formula is C24H24N2O5. The highest BCUT2D eigenvalue weighted by molar-refractivity contribution is 5.95. The van der Waals surface area contributed by atoms with E-state index in [0.717, 1.165) is 33.6 Å². The number of ether oxygens (including phenoxy) is 2. The van der Waals surface area contributed by atoms with E-state index in [1.807, 2.05) is 45.0 Å². The number of carbonyl (C=O) groups excluding carboxylic acids is 1. The summed E-state index contributed by atoms with van der Waals surface area (Å²) in [5, 5.41) is 7.88. The number of aromatic nitrogens is 1. The van der Waals surface area contributed by atoms with Gasteiger partial charge in [0.25, 0.3) is 5.91 Å². The van der Waals surface area contributed by atoms with Crippen molar-refractivity contribution >= 4 is 16.9 Å². The van der Waals surface area contributed by atoms with Crippen molar-refractivity contribution in [1.29, 1.82) is 0 Å². The van der Waals surface area contributed by atoms with Gasteiger partial charge < -0.3 is 23.7 Å². The van der Waals surface area contributed by atoms with Crippen LogP contribution >= 0.6 is 0 Å². The second kappa shape index (κ2) is 8.55. The molecule has 0 aliphatic carbocycles. The van der Waals surface area contributed by atoms with Crippen LogP contribution in [0.4, 0.5) is 0 Å². The summed E-state index contributed by atoms with van der Waals surface area (Å²) in [6.07, 6.45) is 0. The van der Waals surface area contributed by atoms with Crippen LogP contribution in [0.3, 0.4) is 0 Å². The van der Waals surface area contributed by atoms with E-state index in [1.54, 1.807) is 18.2 Å². The summed E-state index contributed by atoms with van der Waals surface area (Å²) in [5.74, 6) is 2.23. The van der Waals surface area contributed by atoms with Crippen LogP contribution < -0.4 is 14.8 Å². The highest BCUT2D eigenvalue weighted by atomic mass is 16.5. The molecule has 0 bridgehead atoms. The van der Waals surface area contributed by atoms with Crippen molar-refractivity contribution in [2.45, 2.75) is 33.9 Å². The Morgan fingerprint density at radius 2 is 1.90 bits per heavy atom. The molecular weight excluding hydrogens is 396 g/mol. The number of aryl methyl sites for hydroxylation is 3. The molecule has 160 valence electrons. The lowest BCUT2D eigenvalue weighted by molar-refractivity contribution is 0.0947. The zero-order valence-corrected chi connectivity index (χ0v) is 17.9. The number of hydrogen-bond acceptors (Lipinski definition) is 6. The van der Waals surface area contributed by atoms with Crippen LogP contribution in [0.15, 0.2) is 51.4 Å². The SMILES string of the molecule is COc1cc(C(=O)NCc2oc3ccccc3c2C)ccc1OCc1c(C)noc1C. The number of benzene rings is 2. The molecule has 0 saturated carbocycles. The molecule has 0 atom stereocenters. The average Bonchev–Trinajstić information content (AvgIpc) is 3.28. The number of hydrogen-bond donors (Lipinski definition) is 1. The summed E-state index contributed by atoms with van der Waals surface area (Å²) in [5.41, 5.74) is 3.98. The molecule has 7 heteroatoms. The first-order chi connectivity index (χ1) is 15.0. The van der Waals surface area contributed by atoms with Gasteiger partial charge in [-0.3, -0.25) is 4.79 Å². The van der Waals surface area contributed by atoms with Gasteiger partial charge in [0.2, 0.25) is 0 Å². The van der Waals surface area contributed by atoms with Gasteiger partial charge in [-0.15, -0.1) is 0 Å². The van der Waals surface area contributed by atoms with Gasteiger partial charge in [0.1, 0.15) is 23.7 Å². The Morgan fingerprint density at radius 3 is 2.61 bits per heavy atom. The number of furan rings is 1. The second-order valence-electron chi connectivity index (χ2n) is 7.29. The minimum atomic E-state index is -0.226. The van der Waals surface area contributed by atoms with Crippen LogP contribution in [0.25, 0.3) is 11.0 Å². The number of nitrogens with zero attached hydrogens (tertiary/aromatic N) is 1. The molecule has 1 N–H and O–H groups in total. The highest BCUT2D eigenvalue weighted by Crippen LogP contribution is 2.30. The third-order valence-corrected chi connectivity index (χ3v) is 5.33. The number of rotatable bonds is 7. The fraction of sp³-hybridized carbons (Fsp3) is 0.250. The number of amides is 1. The van der Waals surface area contributed by atoms with E-state index >= 15 is 0 Å². The molecule has 0 unspecified atom stereocenters. The number of para-hydroxylation sites is 1. The predicted octanol–water partition coefficient (Wildman–Crippen LogP) is 4.86. The Morgan fingerprint density at radius 1 is 1.10 bits per heavy atom. The molecule has 4 rings (SSSR count). The lowest BCUT2D eigenvalue weighted by Crippen LogP contribution is -2.22. The van der Waals surface area contributed by atoms with E-state index in [2.05, 4.69) is 10.5 Å². The largest absolute Gasteiger partial charge is 0.493 e. The maximum Gasteiger partial charge on any atom is 0.251 e. The quantitative estimate of drug-likeness (QED) is 0.459. The van der Waals surface area contributed by atoms with Gasteiger partial charge in [-0.1, -0.05) is 23.4 Å². The molecule has 7 nitrogen and oxygen atoms in total. The third-order valence-electron chi connectivity index (χ3n) is 5.33. The maximum absolute atomic E-state index is 12.7. The van der Waals surface area contributed by atoms with Crippen LogP contribution in [0.1, 0.15) is 38.7 Å². The molecule has 2 heterocycles. The summed E-state index contributed by atoms with van der Waals surface area (Å²) in [7, 11) is 1.54. The van der Waals surface area contributed by atoms with Gasteiger partial charge in [-0.05, 0) is 45.0 Å². The Balaban J connectivity index is 1.45. The van der Waals surface area contributed by atoms with Crippen molar-refractivity contribution < 1.29 is 23.2 Å². The number of methoxy groups -OCH3 is 1. The maximum atomic E-state index is 12.7. The minimum Gasteiger partial charge on any atom is -0.493 e. The molecule has 31 heavy (non-hydrogen) atoms. The third kappa shape index (κ3) is 4.12. The van der Waals surface area contributed by atoms with E-state index in [1.165, 1.54) is 7.11 Å². The van der Waals surface area contributed by atoms with Gasteiger partial charge in [0, 0.05) is 16.5 Å². The minimum absolute atomic E-state index is 0.226. The van der Waals surface area contributed by atoms with Gasteiger partial charge >= 0.3 is 0 Å². The van der Waals surface area contributed by atoms with Crippen LogP contribution in [-0.4, -0.2) is 18.2 Å². The molecule has 2 aromatic heterocycles. The Kier molecular flexibility index (Phi) is 5.66. The molecule has 0 aliphatic heterocycles. The van der Waals surface area contributed by atoms with Crippen molar-refractivity contribution in [3.63, 3.8) is 0 Å². The molecule has 2 aromatic carbocycles. The van der Waals surface area contributed by atoms with Crippen LogP contribution in [0, 0.1) is 20.8 Å². The topological polar surface area (TPSA) is 86.7 Å². The predicted molar refractivity (Wildman–Crippen MR) is 115 cm³/mol. The van der Waals surface area contributed by atoms with E-state index in [9.17, 15) is 4.79 Å². The smallest absolute Gasteiger partial charge is 0.251 e. The normalized spacial score (nSPS) is 11.0. The first-order valence-corrected chi connectivity index (χ1v) is 9.95. The first kappa shape index (κ1) is 20.5. The monoisotopic (exact) mass is 420 g/mol. The summed E-state index contributed by atoms with van der Waals surface area (Å²) >= 11 is 0. The summed E-state index contributed by atoms with van der Waals surface area (Å²) < 4.78 is 22.3. The fourth-order valence-corrected chi connectivity index (χ4v) is 3.44. The van der Waals surface area contributed by atoms with Crippen molar-refractivity contribution in [3.8, 4) is 11.5 Å². The number of carbonyl (C=O) groups is 1.